The van der Waals surface area contributed by atoms with E-state index in [0.29, 0.717) is 24.0 Å². The van der Waals surface area contributed by atoms with Crippen molar-refractivity contribution in [2.45, 2.75) is 19.4 Å². The molecule has 1 amide bonds. The van der Waals surface area contributed by atoms with Crippen molar-refractivity contribution in [2.24, 2.45) is 0 Å². The summed E-state index contributed by atoms with van der Waals surface area (Å²) in [4.78, 5) is 14.3. The first-order valence-corrected chi connectivity index (χ1v) is 6.86. The van der Waals surface area contributed by atoms with Crippen LogP contribution in [0.4, 0.5) is 0 Å². The Balaban J connectivity index is 2.14. The van der Waals surface area contributed by atoms with Gasteiger partial charge in [-0.15, -0.1) is 0 Å². The van der Waals surface area contributed by atoms with Crippen molar-refractivity contribution in [3.8, 4) is 11.5 Å². The van der Waals surface area contributed by atoms with Crippen LogP contribution in [-0.2, 0) is 11.2 Å². The molecule has 0 spiro atoms. The van der Waals surface area contributed by atoms with Crippen LogP contribution < -0.4 is 14.8 Å². The SMILES string of the molecule is COc1cccc(OC)c1CC(=O)N1CCNC(C)C1. The van der Waals surface area contributed by atoms with Crippen LogP contribution in [0.15, 0.2) is 18.2 Å². The van der Waals surface area contributed by atoms with Gasteiger partial charge >= 0.3 is 0 Å². The van der Waals surface area contributed by atoms with Crippen LogP contribution in [0.2, 0.25) is 0 Å². The third kappa shape index (κ3) is 3.22. The van der Waals surface area contributed by atoms with E-state index in [9.17, 15) is 4.79 Å². The van der Waals surface area contributed by atoms with Crippen molar-refractivity contribution in [3.05, 3.63) is 23.8 Å². The van der Waals surface area contributed by atoms with Crippen molar-refractivity contribution >= 4 is 5.91 Å². The number of nitrogens with zero attached hydrogens (tertiary/aromatic N) is 1. The van der Waals surface area contributed by atoms with Gasteiger partial charge in [-0.1, -0.05) is 6.07 Å². The molecule has 1 aliphatic heterocycles. The van der Waals surface area contributed by atoms with E-state index in [-0.39, 0.29) is 5.91 Å². The highest BCUT2D eigenvalue weighted by Gasteiger charge is 2.23. The Hall–Kier alpha value is -1.75. The lowest BCUT2D eigenvalue weighted by molar-refractivity contribution is -0.131. The number of rotatable bonds is 4. The zero-order chi connectivity index (χ0) is 14.5. The van der Waals surface area contributed by atoms with Crippen LogP contribution >= 0.6 is 0 Å². The highest BCUT2D eigenvalue weighted by atomic mass is 16.5. The number of methoxy groups -OCH3 is 2. The van der Waals surface area contributed by atoms with Crippen LogP contribution in [0.5, 0.6) is 11.5 Å². The van der Waals surface area contributed by atoms with Crippen molar-refractivity contribution in [2.75, 3.05) is 33.9 Å². The molecule has 20 heavy (non-hydrogen) atoms. The molecule has 0 aromatic heterocycles. The number of benzene rings is 1. The van der Waals surface area contributed by atoms with Crippen LogP contribution in [0.25, 0.3) is 0 Å². The zero-order valence-electron chi connectivity index (χ0n) is 12.3. The first-order chi connectivity index (χ1) is 9.65. The second-order valence-corrected chi connectivity index (χ2v) is 5.01. The Kier molecular flexibility index (Phi) is 4.84. The van der Waals surface area contributed by atoms with Gasteiger partial charge in [-0.3, -0.25) is 4.79 Å². The average molecular weight is 278 g/mol. The smallest absolute Gasteiger partial charge is 0.227 e. The fourth-order valence-corrected chi connectivity index (χ4v) is 2.52. The van der Waals surface area contributed by atoms with Gasteiger partial charge in [0.05, 0.1) is 20.6 Å². The second kappa shape index (κ2) is 6.61. The number of carbonyl (C=O) groups excluding carboxylic acids is 1. The van der Waals surface area contributed by atoms with Crippen LogP contribution in [-0.4, -0.2) is 50.7 Å². The maximum atomic E-state index is 12.4. The van der Waals surface area contributed by atoms with Crippen LogP contribution in [0.3, 0.4) is 0 Å². The first-order valence-electron chi connectivity index (χ1n) is 6.86. The number of hydrogen-bond acceptors (Lipinski definition) is 4. The third-order valence-corrected chi connectivity index (χ3v) is 3.58. The maximum absolute atomic E-state index is 12.4. The quantitative estimate of drug-likeness (QED) is 0.895. The zero-order valence-corrected chi connectivity index (χ0v) is 12.3. The Morgan fingerprint density at radius 1 is 1.35 bits per heavy atom. The molecule has 1 unspecified atom stereocenters. The Labute approximate surface area is 119 Å². The molecule has 1 aromatic carbocycles. The molecule has 1 aromatic rings. The Bertz CT molecular complexity index is 454. The molecule has 1 N–H and O–H groups in total. The van der Waals surface area contributed by atoms with E-state index in [1.54, 1.807) is 14.2 Å². The number of ether oxygens (including phenoxy) is 2. The van der Waals surface area contributed by atoms with Gasteiger partial charge in [0.1, 0.15) is 11.5 Å². The van der Waals surface area contributed by atoms with E-state index in [1.165, 1.54) is 0 Å². The van der Waals surface area contributed by atoms with E-state index in [1.807, 2.05) is 23.1 Å². The molecule has 0 aliphatic carbocycles. The van der Waals surface area contributed by atoms with E-state index < -0.39 is 0 Å². The van der Waals surface area contributed by atoms with Gasteiger partial charge in [-0.25, -0.2) is 0 Å². The van der Waals surface area contributed by atoms with Gasteiger partial charge in [-0.2, -0.15) is 0 Å². The summed E-state index contributed by atoms with van der Waals surface area (Å²) in [7, 11) is 3.21. The molecule has 5 nitrogen and oxygen atoms in total. The lowest BCUT2D eigenvalue weighted by atomic mass is 10.1. The normalized spacial score (nSPS) is 18.8. The molecule has 2 rings (SSSR count). The minimum absolute atomic E-state index is 0.112. The van der Waals surface area contributed by atoms with Crippen LogP contribution in [0, 0.1) is 0 Å². The average Bonchev–Trinajstić information content (AvgIpc) is 2.47. The Morgan fingerprint density at radius 3 is 2.55 bits per heavy atom. The molecule has 1 aliphatic rings. The van der Waals surface area contributed by atoms with E-state index in [0.717, 1.165) is 25.2 Å². The van der Waals surface area contributed by atoms with Crippen molar-refractivity contribution in [1.82, 2.24) is 10.2 Å². The molecule has 0 radical (unpaired) electrons. The third-order valence-electron chi connectivity index (χ3n) is 3.58. The predicted octanol–water partition coefficient (Wildman–Crippen LogP) is 1.07. The van der Waals surface area contributed by atoms with Gasteiger partial charge < -0.3 is 19.7 Å². The Morgan fingerprint density at radius 2 is 2.00 bits per heavy atom. The molecule has 1 fully saturated rings. The summed E-state index contributed by atoms with van der Waals surface area (Å²) < 4.78 is 10.7. The minimum Gasteiger partial charge on any atom is -0.496 e. The summed E-state index contributed by atoms with van der Waals surface area (Å²) >= 11 is 0. The topological polar surface area (TPSA) is 50.8 Å². The monoisotopic (exact) mass is 278 g/mol. The molecular weight excluding hydrogens is 256 g/mol. The highest BCUT2D eigenvalue weighted by Crippen LogP contribution is 2.29. The van der Waals surface area contributed by atoms with Crippen LogP contribution in [0.1, 0.15) is 12.5 Å². The fourth-order valence-electron chi connectivity index (χ4n) is 2.52. The van der Waals surface area contributed by atoms with E-state index >= 15 is 0 Å². The summed E-state index contributed by atoms with van der Waals surface area (Å²) in [5.74, 6) is 1.50. The van der Waals surface area contributed by atoms with E-state index in [4.69, 9.17) is 9.47 Å². The number of piperazine rings is 1. The molecular formula is C15H22N2O3. The summed E-state index contributed by atoms with van der Waals surface area (Å²) in [5.41, 5.74) is 0.814. The standard InChI is InChI=1S/C15H22N2O3/c1-11-10-17(8-7-16-11)15(18)9-12-13(19-2)5-4-6-14(12)20-3/h4-6,11,16H,7-10H2,1-3H3. The maximum Gasteiger partial charge on any atom is 0.227 e. The van der Waals surface area contributed by atoms with Gasteiger partial charge in [0.15, 0.2) is 0 Å². The first kappa shape index (κ1) is 14.7. The fraction of sp³-hybridized carbons (Fsp3) is 0.533. The highest BCUT2D eigenvalue weighted by molar-refractivity contribution is 5.80. The molecule has 1 heterocycles. The number of hydrogen-bond donors (Lipinski definition) is 1. The molecule has 110 valence electrons. The van der Waals surface area contributed by atoms with Gasteiger partial charge in [-0.05, 0) is 19.1 Å². The van der Waals surface area contributed by atoms with Gasteiger partial charge in [0.25, 0.3) is 0 Å². The lowest BCUT2D eigenvalue weighted by Crippen LogP contribution is -2.51. The number of nitrogens with one attached hydrogen (secondary N) is 1. The molecule has 1 saturated heterocycles. The summed E-state index contributed by atoms with van der Waals surface area (Å²) in [6.45, 7) is 4.43. The van der Waals surface area contributed by atoms with Gasteiger partial charge in [0, 0.05) is 31.2 Å². The number of amides is 1. The predicted molar refractivity (Wildman–Crippen MR) is 77.3 cm³/mol. The number of carbonyl (C=O) groups is 1. The minimum atomic E-state index is 0.112. The van der Waals surface area contributed by atoms with Gasteiger partial charge in [0.2, 0.25) is 5.91 Å². The summed E-state index contributed by atoms with van der Waals surface area (Å²) in [5, 5.41) is 3.33. The van der Waals surface area contributed by atoms with E-state index in [2.05, 4.69) is 12.2 Å². The summed E-state index contributed by atoms with van der Waals surface area (Å²) in [6, 6.07) is 5.91. The molecule has 1 atom stereocenters. The lowest BCUT2D eigenvalue weighted by Gasteiger charge is -2.32. The summed E-state index contributed by atoms with van der Waals surface area (Å²) in [6.07, 6.45) is 0.305. The molecule has 5 heteroatoms. The van der Waals surface area contributed by atoms with Crippen molar-refractivity contribution in [1.29, 1.82) is 0 Å². The second-order valence-electron chi connectivity index (χ2n) is 5.01. The van der Waals surface area contributed by atoms with Crippen molar-refractivity contribution < 1.29 is 14.3 Å². The van der Waals surface area contributed by atoms with Crippen molar-refractivity contribution in [3.63, 3.8) is 0 Å². The molecule has 0 bridgehead atoms. The largest absolute Gasteiger partial charge is 0.496 e. The molecule has 0 saturated carbocycles.